The Morgan fingerprint density at radius 1 is 1.32 bits per heavy atom. The first-order valence-corrected chi connectivity index (χ1v) is 7.28. The fourth-order valence-corrected chi connectivity index (χ4v) is 2.81. The summed E-state index contributed by atoms with van der Waals surface area (Å²) < 4.78 is 0. The number of hydrogen-bond acceptors (Lipinski definition) is 3. The number of aliphatic hydroxyl groups excluding tert-OH is 2. The Hall–Kier alpha value is -0.610. The number of piperidine rings is 1. The molecular weight excluding hydrogens is 262 g/mol. The molecule has 3 atom stereocenters. The summed E-state index contributed by atoms with van der Waals surface area (Å²) in [7, 11) is 0. The molecule has 0 saturated carbocycles. The van der Waals surface area contributed by atoms with E-state index in [1.165, 1.54) is 0 Å². The molecule has 4 heteroatoms. The second kappa shape index (κ2) is 6.71. The quantitative estimate of drug-likeness (QED) is 0.892. The first-order valence-electron chi connectivity index (χ1n) is 6.90. The average Bonchev–Trinajstić information content (AvgIpc) is 2.39. The van der Waals surface area contributed by atoms with E-state index in [0.717, 1.165) is 31.5 Å². The molecule has 1 aromatic rings. The van der Waals surface area contributed by atoms with Gasteiger partial charge in [0.1, 0.15) is 0 Å². The van der Waals surface area contributed by atoms with Gasteiger partial charge >= 0.3 is 0 Å². The summed E-state index contributed by atoms with van der Waals surface area (Å²) in [5.74, 6) is 0.325. The highest BCUT2D eigenvalue weighted by atomic mass is 35.5. The fourth-order valence-electron chi connectivity index (χ4n) is 2.69. The molecule has 19 heavy (non-hydrogen) atoms. The van der Waals surface area contributed by atoms with E-state index in [-0.39, 0.29) is 6.10 Å². The molecule has 0 bridgehead atoms. The van der Waals surface area contributed by atoms with Crippen molar-refractivity contribution in [2.24, 2.45) is 5.92 Å². The van der Waals surface area contributed by atoms with Crippen LogP contribution in [0.3, 0.4) is 0 Å². The maximum Gasteiger partial charge on any atom is 0.0916 e. The Labute approximate surface area is 119 Å². The first kappa shape index (κ1) is 14.8. The molecule has 1 aromatic carbocycles. The van der Waals surface area contributed by atoms with Crippen molar-refractivity contribution in [3.05, 3.63) is 34.9 Å². The molecule has 1 saturated heterocycles. The summed E-state index contributed by atoms with van der Waals surface area (Å²) >= 11 is 5.84. The summed E-state index contributed by atoms with van der Waals surface area (Å²) in [6.07, 6.45) is 1.40. The van der Waals surface area contributed by atoms with E-state index in [0.29, 0.717) is 17.5 Å². The molecule has 1 aliphatic heterocycles. The van der Waals surface area contributed by atoms with Crippen LogP contribution in [0.4, 0.5) is 0 Å². The predicted octanol–water partition coefficient (Wildman–Crippen LogP) is 2.47. The van der Waals surface area contributed by atoms with Gasteiger partial charge in [-0.3, -0.25) is 0 Å². The van der Waals surface area contributed by atoms with Crippen molar-refractivity contribution in [1.29, 1.82) is 0 Å². The molecule has 0 aromatic heterocycles. The number of aliphatic hydroxyl groups is 2. The van der Waals surface area contributed by atoms with Crippen LogP contribution in [0.1, 0.15) is 31.4 Å². The summed E-state index contributed by atoms with van der Waals surface area (Å²) in [5, 5.41) is 20.6. The molecular formula is C15H22ClNO2. The zero-order chi connectivity index (χ0) is 13.8. The van der Waals surface area contributed by atoms with E-state index in [9.17, 15) is 10.2 Å². The van der Waals surface area contributed by atoms with Gasteiger partial charge in [-0.25, -0.2) is 0 Å². The van der Waals surface area contributed by atoms with Crippen molar-refractivity contribution >= 4 is 11.6 Å². The van der Waals surface area contributed by atoms with E-state index < -0.39 is 6.10 Å². The van der Waals surface area contributed by atoms with Crippen LogP contribution < -0.4 is 0 Å². The van der Waals surface area contributed by atoms with E-state index in [4.69, 9.17) is 11.6 Å². The molecule has 1 heterocycles. The Balaban J connectivity index is 1.91. The van der Waals surface area contributed by atoms with Crippen LogP contribution in [0.2, 0.25) is 5.02 Å². The van der Waals surface area contributed by atoms with Crippen LogP contribution in [-0.4, -0.2) is 40.9 Å². The van der Waals surface area contributed by atoms with Gasteiger partial charge in [-0.15, -0.1) is 0 Å². The monoisotopic (exact) mass is 283 g/mol. The molecule has 1 fully saturated rings. The molecule has 3 nitrogen and oxygen atoms in total. The van der Waals surface area contributed by atoms with Crippen LogP contribution in [0.5, 0.6) is 0 Å². The topological polar surface area (TPSA) is 43.7 Å². The third kappa shape index (κ3) is 4.18. The minimum absolute atomic E-state index is 0.268. The number of rotatable bonds is 4. The highest BCUT2D eigenvalue weighted by Gasteiger charge is 2.24. The molecule has 2 N–H and O–H groups in total. The maximum atomic E-state index is 10.2. The fraction of sp³-hybridized carbons (Fsp3) is 0.600. The van der Waals surface area contributed by atoms with Crippen molar-refractivity contribution in [1.82, 2.24) is 4.90 Å². The number of likely N-dealkylation sites (tertiary alicyclic amines) is 1. The second-order valence-corrected chi connectivity index (χ2v) is 5.91. The van der Waals surface area contributed by atoms with Crippen LogP contribution in [0.15, 0.2) is 24.3 Å². The minimum atomic E-state index is -0.495. The van der Waals surface area contributed by atoms with E-state index in [1.54, 1.807) is 12.1 Å². The summed E-state index contributed by atoms with van der Waals surface area (Å²) in [6, 6.07) is 7.33. The van der Waals surface area contributed by atoms with Crippen molar-refractivity contribution in [2.45, 2.75) is 32.0 Å². The summed E-state index contributed by atoms with van der Waals surface area (Å²) in [6.45, 7) is 4.32. The molecule has 1 aliphatic rings. The average molecular weight is 284 g/mol. The minimum Gasteiger partial charge on any atom is -0.393 e. The zero-order valence-corrected chi connectivity index (χ0v) is 12.1. The van der Waals surface area contributed by atoms with Crippen LogP contribution in [0.25, 0.3) is 0 Å². The molecule has 0 amide bonds. The standard InChI is InChI=1S/C15H22ClNO2/c1-11(18)13-3-2-8-17(9-13)10-15(19)12-4-6-14(16)7-5-12/h4-7,11,13,15,18-19H,2-3,8-10H2,1H3. The van der Waals surface area contributed by atoms with Gasteiger partial charge in [0.15, 0.2) is 0 Å². The van der Waals surface area contributed by atoms with Crippen molar-refractivity contribution in [3.8, 4) is 0 Å². The molecule has 106 valence electrons. The highest BCUT2D eigenvalue weighted by Crippen LogP contribution is 2.23. The maximum absolute atomic E-state index is 10.2. The number of halogens is 1. The van der Waals surface area contributed by atoms with Crippen LogP contribution >= 0.6 is 11.6 Å². The van der Waals surface area contributed by atoms with E-state index in [2.05, 4.69) is 4.90 Å². The predicted molar refractivity (Wildman–Crippen MR) is 77.3 cm³/mol. The molecule has 0 spiro atoms. The molecule has 0 radical (unpaired) electrons. The lowest BCUT2D eigenvalue weighted by Gasteiger charge is -2.35. The van der Waals surface area contributed by atoms with Gasteiger partial charge in [-0.05, 0) is 49.9 Å². The van der Waals surface area contributed by atoms with E-state index >= 15 is 0 Å². The number of hydrogen-bond donors (Lipinski definition) is 2. The van der Waals surface area contributed by atoms with Gasteiger partial charge in [-0.2, -0.15) is 0 Å². The highest BCUT2D eigenvalue weighted by molar-refractivity contribution is 6.30. The second-order valence-electron chi connectivity index (χ2n) is 5.47. The normalized spacial score (nSPS) is 24.1. The Bertz CT molecular complexity index is 394. The Morgan fingerprint density at radius 3 is 2.63 bits per heavy atom. The van der Waals surface area contributed by atoms with Crippen molar-refractivity contribution < 1.29 is 10.2 Å². The van der Waals surface area contributed by atoms with Gasteiger partial charge < -0.3 is 15.1 Å². The largest absolute Gasteiger partial charge is 0.393 e. The molecule has 0 aliphatic carbocycles. The van der Waals surface area contributed by atoms with Crippen LogP contribution in [-0.2, 0) is 0 Å². The molecule has 2 rings (SSSR count). The first-order chi connectivity index (χ1) is 9.06. The third-order valence-corrected chi connectivity index (χ3v) is 4.16. The lowest BCUT2D eigenvalue weighted by molar-refractivity contribution is 0.0377. The smallest absolute Gasteiger partial charge is 0.0916 e. The Kier molecular flexibility index (Phi) is 5.22. The van der Waals surface area contributed by atoms with Gasteiger partial charge in [0.25, 0.3) is 0 Å². The lowest BCUT2D eigenvalue weighted by atomic mass is 9.93. The summed E-state index contributed by atoms with van der Waals surface area (Å²) in [4.78, 5) is 2.24. The van der Waals surface area contributed by atoms with Gasteiger partial charge in [-0.1, -0.05) is 23.7 Å². The number of β-amino-alcohol motifs (C(OH)–C–C–N with tert-alkyl or cyclic N) is 1. The number of benzene rings is 1. The summed E-state index contributed by atoms with van der Waals surface area (Å²) in [5.41, 5.74) is 0.892. The Morgan fingerprint density at radius 2 is 2.00 bits per heavy atom. The third-order valence-electron chi connectivity index (χ3n) is 3.91. The molecule has 3 unspecified atom stereocenters. The number of nitrogens with zero attached hydrogens (tertiary/aromatic N) is 1. The van der Waals surface area contributed by atoms with Gasteiger partial charge in [0.2, 0.25) is 0 Å². The SMILES string of the molecule is CC(O)C1CCCN(CC(O)c2ccc(Cl)cc2)C1. The van der Waals surface area contributed by atoms with Gasteiger partial charge in [0.05, 0.1) is 12.2 Å². The zero-order valence-electron chi connectivity index (χ0n) is 11.3. The van der Waals surface area contributed by atoms with Crippen molar-refractivity contribution in [2.75, 3.05) is 19.6 Å². The lowest BCUT2D eigenvalue weighted by Crippen LogP contribution is -2.41. The van der Waals surface area contributed by atoms with Gasteiger partial charge in [0, 0.05) is 18.1 Å². The van der Waals surface area contributed by atoms with E-state index in [1.807, 2.05) is 19.1 Å². The van der Waals surface area contributed by atoms with Crippen LogP contribution in [0, 0.1) is 5.92 Å². The van der Waals surface area contributed by atoms with Crippen molar-refractivity contribution in [3.63, 3.8) is 0 Å².